The zero-order chi connectivity index (χ0) is 14.8. The van der Waals surface area contributed by atoms with Crippen LogP contribution in [-0.2, 0) is 10.0 Å². The Morgan fingerprint density at radius 3 is 2.47 bits per heavy atom. The van der Waals surface area contributed by atoms with E-state index in [4.69, 9.17) is 5.73 Å². The van der Waals surface area contributed by atoms with Crippen molar-refractivity contribution in [1.29, 1.82) is 0 Å². The van der Waals surface area contributed by atoms with Gasteiger partial charge in [-0.15, -0.1) is 0 Å². The first-order valence-electron chi connectivity index (χ1n) is 6.18. The number of nitrogens with two attached hydrogens (primary N) is 1. The van der Waals surface area contributed by atoms with Crippen LogP contribution >= 0.6 is 0 Å². The summed E-state index contributed by atoms with van der Waals surface area (Å²) >= 11 is 0. The Labute approximate surface area is 114 Å². The number of anilines is 1. The van der Waals surface area contributed by atoms with E-state index in [-0.39, 0.29) is 16.1 Å². The largest absolute Gasteiger partial charge is 0.399 e. The summed E-state index contributed by atoms with van der Waals surface area (Å²) in [7, 11) is -2.38. The average Bonchev–Trinajstić information content (AvgIpc) is 2.30. The van der Waals surface area contributed by atoms with Gasteiger partial charge in [-0.3, -0.25) is 0 Å². The van der Waals surface area contributed by atoms with Gasteiger partial charge in [0.25, 0.3) is 0 Å². The Balaban J connectivity index is 3.13. The van der Waals surface area contributed by atoms with Gasteiger partial charge in [-0.25, -0.2) is 17.1 Å². The van der Waals surface area contributed by atoms with Crippen LogP contribution in [0.4, 0.5) is 10.1 Å². The predicted octanol–water partition coefficient (Wildman–Crippen LogP) is 2.38. The Bertz CT molecular complexity index is 556. The Hall–Kier alpha value is -1.14. The van der Waals surface area contributed by atoms with Gasteiger partial charge >= 0.3 is 0 Å². The summed E-state index contributed by atoms with van der Waals surface area (Å²) in [5, 5.41) is 0. The summed E-state index contributed by atoms with van der Waals surface area (Å²) in [4.78, 5) is -0.351. The van der Waals surface area contributed by atoms with Crippen molar-refractivity contribution in [2.24, 2.45) is 5.92 Å². The third kappa shape index (κ3) is 3.67. The molecule has 4 nitrogen and oxygen atoms in total. The van der Waals surface area contributed by atoms with E-state index in [9.17, 15) is 12.8 Å². The molecule has 0 aliphatic carbocycles. The molecule has 0 amide bonds. The molecule has 1 aromatic carbocycles. The SMILES string of the molecule is Cc1cc(N)cc(S(=O)(=O)N(C)CCC(C)C)c1F. The normalized spacial score (nSPS) is 12.4. The highest BCUT2D eigenvalue weighted by Gasteiger charge is 2.25. The maximum Gasteiger partial charge on any atom is 0.245 e. The molecule has 19 heavy (non-hydrogen) atoms. The minimum Gasteiger partial charge on any atom is -0.399 e. The Kier molecular flexibility index (Phi) is 4.92. The molecule has 0 unspecified atom stereocenters. The Morgan fingerprint density at radius 1 is 1.37 bits per heavy atom. The van der Waals surface area contributed by atoms with Crippen molar-refractivity contribution < 1.29 is 12.8 Å². The van der Waals surface area contributed by atoms with Crippen LogP contribution < -0.4 is 5.73 Å². The maximum absolute atomic E-state index is 14.0. The molecule has 0 fully saturated rings. The van der Waals surface area contributed by atoms with Gasteiger partial charge in [0, 0.05) is 19.3 Å². The first-order valence-corrected chi connectivity index (χ1v) is 7.62. The fraction of sp³-hybridized carbons (Fsp3) is 0.538. The lowest BCUT2D eigenvalue weighted by Crippen LogP contribution is -2.29. The van der Waals surface area contributed by atoms with E-state index in [1.807, 2.05) is 13.8 Å². The van der Waals surface area contributed by atoms with E-state index >= 15 is 0 Å². The molecular weight excluding hydrogens is 267 g/mol. The van der Waals surface area contributed by atoms with Crippen molar-refractivity contribution in [3.8, 4) is 0 Å². The molecule has 0 atom stereocenters. The smallest absolute Gasteiger partial charge is 0.245 e. The number of nitrogens with zero attached hydrogens (tertiary/aromatic N) is 1. The van der Waals surface area contributed by atoms with Gasteiger partial charge < -0.3 is 5.73 Å². The molecule has 0 aromatic heterocycles. The second-order valence-corrected chi connectivity index (χ2v) is 7.17. The van der Waals surface area contributed by atoms with Crippen molar-refractivity contribution in [2.45, 2.75) is 32.1 Å². The van der Waals surface area contributed by atoms with Crippen molar-refractivity contribution in [3.63, 3.8) is 0 Å². The molecule has 0 aliphatic rings. The zero-order valence-electron chi connectivity index (χ0n) is 11.8. The van der Waals surface area contributed by atoms with Crippen molar-refractivity contribution in [2.75, 3.05) is 19.3 Å². The van der Waals surface area contributed by atoms with Crippen molar-refractivity contribution in [3.05, 3.63) is 23.5 Å². The molecule has 0 aliphatic heterocycles. The third-order valence-corrected chi connectivity index (χ3v) is 4.81. The Morgan fingerprint density at radius 2 is 1.95 bits per heavy atom. The highest BCUT2D eigenvalue weighted by molar-refractivity contribution is 7.89. The summed E-state index contributed by atoms with van der Waals surface area (Å²) in [6, 6.07) is 2.59. The molecule has 0 heterocycles. The summed E-state index contributed by atoms with van der Waals surface area (Å²) in [5.41, 5.74) is 6.08. The second kappa shape index (κ2) is 5.88. The molecule has 6 heteroatoms. The lowest BCUT2D eigenvalue weighted by Gasteiger charge is -2.19. The number of nitrogen functional groups attached to an aromatic ring is 1. The first kappa shape index (κ1) is 15.9. The first-order chi connectivity index (χ1) is 8.66. The molecular formula is C13H21FN2O2S. The van der Waals surface area contributed by atoms with Crippen LogP contribution in [-0.4, -0.2) is 26.3 Å². The van der Waals surface area contributed by atoms with Crippen LogP contribution in [0, 0.1) is 18.7 Å². The quantitative estimate of drug-likeness (QED) is 0.846. The third-order valence-electron chi connectivity index (χ3n) is 2.95. The molecule has 1 aromatic rings. The van der Waals surface area contributed by atoms with Gasteiger partial charge in [0.1, 0.15) is 10.7 Å². The molecule has 1 rings (SSSR count). The number of benzene rings is 1. The summed E-state index contributed by atoms with van der Waals surface area (Å²) in [6.07, 6.45) is 0.721. The number of halogens is 1. The lowest BCUT2D eigenvalue weighted by atomic mass is 10.1. The van der Waals surface area contributed by atoms with Crippen LogP contribution in [0.5, 0.6) is 0 Å². The van der Waals surface area contributed by atoms with Crippen LogP contribution in [0.3, 0.4) is 0 Å². The molecule has 0 saturated heterocycles. The second-order valence-electron chi connectivity index (χ2n) is 5.16. The highest BCUT2D eigenvalue weighted by atomic mass is 32.2. The predicted molar refractivity (Wildman–Crippen MR) is 74.8 cm³/mol. The number of hydrogen-bond acceptors (Lipinski definition) is 3. The van der Waals surface area contributed by atoms with E-state index in [0.29, 0.717) is 12.5 Å². The zero-order valence-corrected chi connectivity index (χ0v) is 12.6. The van der Waals surface area contributed by atoms with E-state index in [0.717, 1.165) is 6.42 Å². The van der Waals surface area contributed by atoms with Gasteiger partial charge in [0.05, 0.1) is 0 Å². The lowest BCUT2D eigenvalue weighted by molar-refractivity contribution is 0.424. The fourth-order valence-electron chi connectivity index (χ4n) is 1.68. The molecule has 2 N–H and O–H groups in total. The van der Waals surface area contributed by atoms with E-state index in [2.05, 4.69) is 0 Å². The van der Waals surface area contributed by atoms with Gasteiger partial charge in [-0.05, 0) is 37.0 Å². The fourth-order valence-corrected chi connectivity index (χ4v) is 3.03. The number of rotatable bonds is 5. The van der Waals surface area contributed by atoms with E-state index in [1.165, 1.54) is 30.4 Å². The topological polar surface area (TPSA) is 63.4 Å². The maximum atomic E-state index is 14.0. The van der Waals surface area contributed by atoms with Crippen molar-refractivity contribution in [1.82, 2.24) is 4.31 Å². The van der Waals surface area contributed by atoms with Crippen LogP contribution in [0.25, 0.3) is 0 Å². The number of sulfonamides is 1. The number of aryl methyl sites for hydroxylation is 1. The monoisotopic (exact) mass is 288 g/mol. The standard InChI is InChI=1S/C13H21FN2O2S/c1-9(2)5-6-16(4)19(17,18)12-8-11(15)7-10(3)13(12)14/h7-9H,5-6,15H2,1-4H3. The van der Waals surface area contributed by atoms with Gasteiger partial charge in [-0.1, -0.05) is 13.8 Å². The summed E-state index contributed by atoms with van der Waals surface area (Å²) in [5.74, 6) is -0.351. The van der Waals surface area contributed by atoms with Crippen molar-refractivity contribution >= 4 is 15.7 Å². The van der Waals surface area contributed by atoms with E-state index in [1.54, 1.807) is 0 Å². The molecule has 0 radical (unpaired) electrons. The highest BCUT2D eigenvalue weighted by Crippen LogP contribution is 2.24. The van der Waals surface area contributed by atoms with Crippen LogP contribution in [0.1, 0.15) is 25.8 Å². The van der Waals surface area contributed by atoms with E-state index < -0.39 is 15.8 Å². The minimum atomic E-state index is -3.83. The molecule has 0 bridgehead atoms. The summed E-state index contributed by atoms with van der Waals surface area (Å²) in [6.45, 7) is 5.86. The van der Waals surface area contributed by atoms with Gasteiger partial charge in [0.2, 0.25) is 10.0 Å². The minimum absolute atomic E-state index is 0.232. The molecule has 0 spiro atoms. The van der Waals surface area contributed by atoms with Crippen LogP contribution in [0.15, 0.2) is 17.0 Å². The number of hydrogen-bond donors (Lipinski definition) is 1. The molecule has 0 saturated carbocycles. The van der Waals surface area contributed by atoms with Gasteiger partial charge in [-0.2, -0.15) is 0 Å². The summed E-state index contributed by atoms with van der Waals surface area (Å²) < 4.78 is 39.7. The van der Waals surface area contributed by atoms with Crippen LogP contribution in [0.2, 0.25) is 0 Å². The van der Waals surface area contributed by atoms with Gasteiger partial charge in [0.15, 0.2) is 0 Å². The molecule has 108 valence electrons. The average molecular weight is 288 g/mol.